The van der Waals surface area contributed by atoms with Crippen LogP contribution in [0.5, 0.6) is 0 Å². The van der Waals surface area contributed by atoms with E-state index in [0.717, 1.165) is 12.5 Å². The van der Waals surface area contributed by atoms with Crippen molar-refractivity contribution in [1.82, 2.24) is 4.90 Å². The number of carbonyl (C=O) groups excluding carboxylic acids is 4. The number of rotatable bonds is 4. The molecule has 9 nitrogen and oxygen atoms in total. The molecular weight excluding hydrogens is 392 g/mol. The highest BCUT2D eigenvalue weighted by Gasteiger charge is 2.44. The second kappa shape index (κ2) is 8.06. The summed E-state index contributed by atoms with van der Waals surface area (Å²) in [6.07, 6.45) is -2.87. The van der Waals surface area contributed by atoms with Gasteiger partial charge in [-0.15, -0.1) is 0 Å². The molecule has 0 aromatic heterocycles. The van der Waals surface area contributed by atoms with Gasteiger partial charge in [0.25, 0.3) is 11.8 Å². The summed E-state index contributed by atoms with van der Waals surface area (Å²) < 4.78 is 16.0. The van der Waals surface area contributed by atoms with Crippen LogP contribution < -0.4 is 4.90 Å². The maximum atomic E-state index is 13.2. The Bertz CT molecular complexity index is 890. The Hall–Kier alpha value is -2.94. The fourth-order valence-corrected chi connectivity index (χ4v) is 3.45. The lowest BCUT2D eigenvalue weighted by molar-refractivity contribution is -0.188. The maximum absolute atomic E-state index is 13.2. The lowest BCUT2D eigenvalue weighted by Gasteiger charge is -2.35. The van der Waals surface area contributed by atoms with Crippen LogP contribution in [-0.2, 0) is 35.1 Å². The second-order valence-corrected chi connectivity index (χ2v) is 8.35. The number of amides is 2. The molecule has 2 amide bonds. The Morgan fingerprint density at radius 2 is 1.93 bits per heavy atom. The summed E-state index contributed by atoms with van der Waals surface area (Å²) in [7, 11) is 1.71. The first-order valence-corrected chi connectivity index (χ1v) is 9.69. The fourth-order valence-electron chi connectivity index (χ4n) is 3.45. The van der Waals surface area contributed by atoms with E-state index in [1.807, 2.05) is 0 Å². The standard InChI is InChI=1S/C21H26N2O7/c1-12(24)29-17(20(27)30-21(2,3)4)16-19(26)23(8-9-28-16)14-7-6-13-11-22(5)18(25)15(13)10-14/h6-7,10,16-17H,8-9,11H2,1-5H3. The molecule has 2 atom stereocenters. The van der Waals surface area contributed by atoms with Crippen molar-refractivity contribution in [2.45, 2.75) is 52.0 Å². The van der Waals surface area contributed by atoms with E-state index >= 15 is 0 Å². The van der Waals surface area contributed by atoms with Crippen molar-refractivity contribution < 1.29 is 33.4 Å². The van der Waals surface area contributed by atoms with Crippen LogP contribution in [0.15, 0.2) is 18.2 Å². The fraction of sp³-hybridized carbons (Fsp3) is 0.524. The molecule has 3 rings (SSSR count). The van der Waals surface area contributed by atoms with Crippen LogP contribution in [0.1, 0.15) is 43.6 Å². The first-order chi connectivity index (χ1) is 14.0. The number of benzene rings is 1. The topological polar surface area (TPSA) is 102 Å². The van der Waals surface area contributed by atoms with Crippen LogP contribution in [0.25, 0.3) is 0 Å². The molecule has 1 aromatic carbocycles. The van der Waals surface area contributed by atoms with Gasteiger partial charge in [0.2, 0.25) is 6.10 Å². The van der Waals surface area contributed by atoms with E-state index in [1.165, 1.54) is 4.90 Å². The summed E-state index contributed by atoms with van der Waals surface area (Å²) in [6, 6.07) is 5.22. The van der Waals surface area contributed by atoms with Crippen LogP contribution in [0, 0.1) is 0 Å². The first-order valence-electron chi connectivity index (χ1n) is 9.69. The molecule has 0 radical (unpaired) electrons. The lowest BCUT2D eigenvalue weighted by atomic mass is 10.1. The average Bonchev–Trinajstić information content (AvgIpc) is 2.92. The van der Waals surface area contributed by atoms with E-state index < -0.39 is 35.7 Å². The first kappa shape index (κ1) is 21.8. The van der Waals surface area contributed by atoms with Gasteiger partial charge in [-0.3, -0.25) is 14.4 Å². The molecular formula is C21H26N2O7. The molecule has 9 heteroatoms. The Morgan fingerprint density at radius 3 is 2.57 bits per heavy atom. The second-order valence-electron chi connectivity index (χ2n) is 8.35. The third kappa shape index (κ3) is 4.46. The number of hydrogen-bond acceptors (Lipinski definition) is 7. The monoisotopic (exact) mass is 418 g/mol. The summed E-state index contributed by atoms with van der Waals surface area (Å²) in [5.74, 6) is -2.25. The van der Waals surface area contributed by atoms with Gasteiger partial charge in [-0.2, -0.15) is 0 Å². The van der Waals surface area contributed by atoms with Crippen molar-refractivity contribution in [2.24, 2.45) is 0 Å². The molecule has 0 N–H and O–H groups in total. The number of nitrogens with zero attached hydrogens (tertiary/aromatic N) is 2. The highest BCUT2D eigenvalue weighted by molar-refractivity contribution is 6.03. The van der Waals surface area contributed by atoms with E-state index in [2.05, 4.69) is 0 Å². The largest absolute Gasteiger partial charge is 0.457 e. The van der Waals surface area contributed by atoms with Crippen LogP contribution in [-0.4, -0.2) is 66.7 Å². The molecule has 1 aromatic rings. The predicted octanol–water partition coefficient (Wildman–Crippen LogP) is 1.28. The zero-order chi connectivity index (χ0) is 22.2. The normalized spacial score (nSPS) is 20.1. The quantitative estimate of drug-likeness (QED) is 0.679. The number of fused-ring (bicyclic) bond motifs is 1. The van der Waals surface area contributed by atoms with E-state index in [-0.39, 0.29) is 19.1 Å². The number of anilines is 1. The van der Waals surface area contributed by atoms with Gasteiger partial charge >= 0.3 is 11.9 Å². The van der Waals surface area contributed by atoms with Gasteiger partial charge in [0.15, 0.2) is 6.10 Å². The smallest absolute Gasteiger partial charge is 0.351 e. The molecule has 162 valence electrons. The molecule has 1 saturated heterocycles. The Morgan fingerprint density at radius 1 is 1.23 bits per heavy atom. The molecule has 0 spiro atoms. The minimum Gasteiger partial charge on any atom is -0.457 e. The number of morpholine rings is 1. The van der Waals surface area contributed by atoms with Gasteiger partial charge in [0, 0.05) is 38.3 Å². The average molecular weight is 418 g/mol. The third-order valence-corrected chi connectivity index (χ3v) is 4.72. The zero-order valence-electron chi connectivity index (χ0n) is 17.8. The highest BCUT2D eigenvalue weighted by atomic mass is 16.6. The number of carbonyl (C=O) groups is 4. The van der Waals surface area contributed by atoms with E-state index in [0.29, 0.717) is 17.8 Å². The summed E-state index contributed by atoms with van der Waals surface area (Å²) >= 11 is 0. The highest BCUT2D eigenvalue weighted by Crippen LogP contribution is 2.29. The molecule has 2 aliphatic rings. The van der Waals surface area contributed by atoms with Crippen LogP contribution >= 0.6 is 0 Å². The van der Waals surface area contributed by atoms with E-state index in [1.54, 1.807) is 50.9 Å². The van der Waals surface area contributed by atoms with E-state index in [4.69, 9.17) is 14.2 Å². The van der Waals surface area contributed by atoms with Gasteiger partial charge in [-0.05, 0) is 38.5 Å². The molecule has 0 saturated carbocycles. The summed E-state index contributed by atoms with van der Waals surface area (Å²) in [6.45, 7) is 7.03. The lowest BCUT2D eigenvalue weighted by Crippen LogP contribution is -2.56. The van der Waals surface area contributed by atoms with Gasteiger partial charge in [-0.25, -0.2) is 4.79 Å². The maximum Gasteiger partial charge on any atom is 0.351 e. The predicted molar refractivity (Wildman–Crippen MR) is 106 cm³/mol. The summed E-state index contributed by atoms with van der Waals surface area (Å²) in [5.41, 5.74) is 1.10. The van der Waals surface area contributed by atoms with Gasteiger partial charge in [0.05, 0.1) is 6.61 Å². The minimum absolute atomic E-state index is 0.115. The van der Waals surface area contributed by atoms with Crippen molar-refractivity contribution in [1.29, 1.82) is 0 Å². The van der Waals surface area contributed by atoms with Gasteiger partial charge in [-0.1, -0.05) is 6.07 Å². The SMILES string of the molecule is CC(=O)OC(C(=O)OC(C)(C)C)C1OCCN(c2ccc3c(c2)C(=O)N(C)C3)C1=O. The van der Waals surface area contributed by atoms with Crippen LogP contribution in [0.4, 0.5) is 5.69 Å². The van der Waals surface area contributed by atoms with Crippen molar-refractivity contribution in [3.63, 3.8) is 0 Å². The Labute approximate surface area is 174 Å². The molecule has 30 heavy (non-hydrogen) atoms. The zero-order valence-corrected chi connectivity index (χ0v) is 17.8. The van der Waals surface area contributed by atoms with Gasteiger partial charge < -0.3 is 24.0 Å². The Kier molecular flexibility index (Phi) is 5.85. The molecule has 2 heterocycles. The molecule has 2 unspecified atom stereocenters. The van der Waals surface area contributed by atoms with Crippen molar-refractivity contribution in [3.05, 3.63) is 29.3 Å². The van der Waals surface area contributed by atoms with Crippen molar-refractivity contribution >= 4 is 29.4 Å². The van der Waals surface area contributed by atoms with Crippen LogP contribution in [0.2, 0.25) is 0 Å². The molecule has 1 fully saturated rings. The number of ether oxygens (including phenoxy) is 3. The van der Waals surface area contributed by atoms with Crippen molar-refractivity contribution in [3.8, 4) is 0 Å². The molecule has 2 aliphatic heterocycles. The minimum atomic E-state index is -1.53. The Balaban J connectivity index is 1.87. The molecule has 0 aliphatic carbocycles. The van der Waals surface area contributed by atoms with Gasteiger partial charge in [0.1, 0.15) is 5.60 Å². The van der Waals surface area contributed by atoms with E-state index in [9.17, 15) is 19.2 Å². The number of esters is 2. The number of hydrogen-bond donors (Lipinski definition) is 0. The van der Waals surface area contributed by atoms with Crippen molar-refractivity contribution in [2.75, 3.05) is 25.1 Å². The summed E-state index contributed by atoms with van der Waals surface area (Å²) in [4.78, 5) is 52.7. The molecule has 0 bridgehead atoms. The third-order valence-electron chi connectivity index (χ3n) is 4.72. The summed E-state index contributed by atoms with van der Waals surface area (Å²) in [5, 5.41) is 0. The van der Waals surface area contributed by atoms with Crippen LogP contribution in [0.3, 0.4) is 0 Å².